The Morgan fingerprint density at radius 3 is 2.79 bits per heavy atom. The van der Waals surface area contributed by atoms with E-state index in [2.05, 4.69) is 10.3 Å². The largest absolute Gasteiger partial charge is 0.493 e. The van der Waals surface area contributed by atoms with E-state index in [1.165, 1.54) is 14.2 Å². The first-order chi connectivity index (χ1) is 13.5. The Hall–Kier alpha value is -3.55. The lowest BCUT2D eigenvalue weighted by atomic mass is 10.0. The fourth-order valence-corrected chi connectivity index (χ4v) is 3.33. The smallest absolute Gasteiger partial charge is 0.343 e. The molecule has 2 heterocycles. The van der Waals surface area contributed by atoms with E-state index in [0.717, 1.165) is 0 Å². The molecule has 28 heavy (non-hydrogen) atoms. The summed E-state index contributed by atoms with van der Waals surface area (Å²) in [7, 11) is 2.94. The number of ether oxygens (including phenoxy) is 3. The first-order valence-corrected chi connectivity index (χ1v) is 8.63. The number of anilines is 1. The van der Waals surface area contributed by atoms with E-state index in [1.807, 2.05) is 0 Å². The van der Waals surface area contributed by atoms with E-state index in [-0.39, 0.29) is 12.3 Å². The number of carbonyl (C=O) groups is 2. The Bertz CT molecular complexity index is 1090. The summed E-state index contributed by atoms with van der Waals surface area (Å²) in [4.78, 5) is 29.1. The third-order valence-electron chi connectivity index (χ3n) is 4.53. The van der Waals surface area contributed by atoms with Crippen molar-refractivity contribution in [2.24, 2.45) is 0 Å². The van der Waals surface area contributed by atoms with Gasteiger partial charge in [-0.2, -0.15) is 0 Å². The third kappa shape index (κ3) is 3.02. The monoisotopic (exact) mass is 382 g/mol. The van der Waals surface area contributed by atoms with Gasteiger partial charge in [-0.1, -0.05) is 6.07 Å². The molecule has 4 rings (SSSR count). The van der Waals surface area contributed by atoms with Gasteiger partial charge in [-0.25, -0.2) is 9.78 Å². The van der Waals surface area contributed by atoms with Crippen LogP contribution in [-0.2, 0) is 9.53 Å². The van der Waals surface area contributed by atoms with Crippen LogP contribution in [0.15, 0.2) is 34.7 Å². The predicted molar refractivity (Wildman–Crippen MR) is 99.7 cm³/mol. The molecule has 2 aromatic carbocycles. The molecular weight excluding hydrogens is 364 g/mol. The second-order valence-corrected chi connectivity index (χ2v) is 6.33. The Morgan fingerprint density at radius 2 is 2.04 bits per heavy atom. The first-order valence-electron chi connectivity index (χ1n) is 8.63. The molecule has 8 nitrogen and oxygen atoms in total. The van der Waals surface area contributed by atoms with Gasteiger partial charge in [0.05, 0.1) is 20.6 Å². The van der Waals surface area contributed by atoms with Gasteiger partial charge in [0.25, 0.3) is 0 Å². The minimum absolute atomic E-state index is 0.0237. The number of benzene rings is 2. The molecule has 1 N–H and O–H groups in total. The van der Waals surface area contributed by atoms with Gasteiger partial charge in [-0.15, -0.1) is 0 Å². The molecule has 1 aliphatic heterocycles. The van der Waals surface area contributed by atoms with E-state index in [0.29, 0.717) is 45.3 Å². The van der Waals surface area contributed by atoms with Gasteiger partial charge in [0, 0.05) is 18.2 Å². The van der Waals surface area contributed by atoms with Crippen molar-refractivity contribution in [1.29, 1.82) is 0 Å². The number of aryl methyl sites for hydroxylation is 1. The summed E-state index contributed by atoms with van der Waals surface area (Å²) in [5.41, 5.74) is 2.78. The molecule has 8 heteroatoms. The number of methoxy groups -OCH3 is 2. The number of carbonyl (C=O) groups excluding carboxylic acids is 2. The van der Waals surface area contributed by atoms with Crippen LogP contribution in [0.5, 0.6) is 11.5 Å². The number of oxazole rings is 1. The van der Waals surface area contributed by atoms with Gasteiger partial charge in [0.1, 0.15) is 17.2 Å². The number of hydrogen-bond acceptors (Lipinski definition) is 7. The van der Waals surface area contributed by atoms with Crippen LogP contribution in [0, 0.1) is 6.92 Å². The Kier molecular flexibility index (Phi) is 4.38. The van der Waals surface area contributed by atoms with Crippen LogP contribution in [0.4, 0.5) is 5.69 Å². The van der Waals surface area contributed by atoms with E-state index in [9.17, 15) is 9.59 Å². The highest BCUT2D eigenvalue weighted by atomic mass is 16.6. The van der Waals surface area contributed by atoms with Gasteiger partial charge in [0.2, 0.25) is 5.91 Å². The molecule has 1 aliphatic rings. The fourth-order valence-electron chi connectivity index (χ4n) is 3.33. The summed E-state index contributed by atoms with van der Waals surface area (Å²) < 4.78 is 21.3. The highest BCUT2D eigenvalue weighted by molar-refractivity contribution is 5.99. The van der Waals surface area contributed by atoms with Crippen LogP contribution < -0.4 is 14.8 Å². The summed E-state index contributed by atoms with van der Waals surface area (Å²) in [5.74, 6) is 0.458. The number of amides is 1. The third-order valence-corrected chi connectivity index (χ3v) is 4.53. The van der Waals surface area contributed by atoms with E-state index >= 15 is 0 Å². The number of cyclic esters (lactones) is 1. The molecule has 0 aliphatic carbocycles. The fraction of sp³-hybridized carbons (Fsp3) is 0.250. The minimum Gasteiger partial charge on any atom is -0.493 e. The number of nitrogens with zero attached hydrogens (tertiary/aromatic N) is 1. The Morgan fingerprint density at radius 1 is 1.21 bits per heavy atom. The van der Waals surface area contributed by atoms with Gasteiger partial charge in [-0.3, -0.25) is 4.79 Å². The van der Waals surface area contributed by atoms with Crippen LogP contribution in [-0.4, -0.2) is 31.1 Å². The quantitative estimate of drug-likeness (QED) is 0.675. The lowest BCUT2D eigenvalue weighted by molar-refractivity contribution is -0.118. The van der Waals surface area contributed by atoms with Gasteiger partial charge in [-0.05, 0) is 24.3 Å². The zero-order valence-corrected chi connectivity index (χ0v) is 15.6. The maximum Gasteiger partial charge on any atom is 0.343 e. The molecular formula is C20H18N2O6. The summed E-state index contributed by atoms with van der Waals surface area (Å²) >= 11 is 0. The average Bonchev–Trinajstić information content (AvgIpc) is 3.19. The zero-order valence-electron chi connectivity index (χ0n) is 15.6. The molecule has 3 aromatic rings. The van der Waals surface area contributed by atoms with Crippen LogP contribution >= 0.6 is 0 Å². The van der Waals surface area contributed by atoms with Crippen molar-refractivity contribution < 1.29 is 28.2 Å². The molecule has 0 fully saturated rings. The van der Waals surface area contributed by atoms with Crippen molar-refractivity contribution >= 4 is 28.7 Å². The lowest BCUT2D eigenvalue weighted by Gasteiger charge is -2.12. The number of fused-ring (bicyclic) bond motifs is 2. The molecule has 0 saturated heterocycles. The number of hydrogen-bond donors (Lipinski definition) is 1. The molecule has 0 spiro atoms. The average molecular weight is 382 g/mol. The lowest BCUT2D eigenvalue weighted by Crippen LogP contribution is -2.15. The summed E-state index contributed by atoms with van der Waals surface area (Å²) in [6, 6.07) is 8.60. The molecule has 0 unspecified atom stereocenters. The van der Waals surface area contributed by atoms with Gasteiger partial charge < -0.3 is 23.9 Å². The van der Waals surface area contributed by atoms with Crippen LogP contribution in [0.2, 0.25) is 0 Å². The van der Waals surface area contributed by atoms with Gasteiger partial charge >= 0.3 is 5.97 Å². The van der Waals surface area contributed by atoms with Crippen molar-refractivity contribution in [3.05, 3.63) is 47.3 Å². The Balaban J connectivity index is 1.53. The summed E-state index contributed by atoms with van der Waals surface area (Å²) in [6.45, 7) is 1.76. The first kappa shape index (κ1) is 17.8. The summed E-state index contributed by atoms with van der Waals surface area (Å²) in [5, 5.41) is 2.80. The van der Waals surface area contributed by atoms with E-state index < -0.39 is 12.1 Å². The van der Waals surface area contributed by atoms with E-state index in [4.69, 9.17) is 18.6 Å². The molecule has 0 saturated carbocycles. The van der Waals surface area contributed by atoms with Crippen molar-refractivity contribution in [1.82, 2.24) is 4.98 Å². The molecule has 0 radical (unpaired) electrons. The maximum absolute atomic E-state index is 12.5. The number of rotatable bonds is 5. The highest BCUT2D eigenvalue weighted by Gasteiger charge is 2.36. The van der Waals surface area contributed by atoms with Crippen molar-refractivity contribution in [3.63, 3.8) is 0 Å². The van der Waals surface area contributed by atoms with E-state index in [1.54, 1.807) is 37.3 Å². The normalized spacial score (nSPS) is 15.2. The Labute approximate surface area is 160 Å². The number of nitrogens with one attached hydrogen (secondary N) is 1. The minimum atomic E-state index is -0.694. The van der Waals surface area contributed by atoms with Crippen molar-refractivity contribution in [3.8, 4) is 11.5 Å². The van der Waals surface area contributed by atoms with Crippen molar-refractivity contribution in [2.75, 3.05) is 19.5 Å². The standard InChI is InChI=1S/C20H18N2O6/c1-10-21-13-8-11(4-6-14(13)27-10)22-17(23)9-16-12-5-7-15(25-2)19(26-3)18(12)20(24)28-16/h4-8,16H,9H2,1-3H3,(H,22,23)/t16-/m0/s1. The van der Waals surface area contributed by atoms with Crippen molar-refractivity contribution in [2.45, 2.75) is 19.4 Å². The predicted octanol–water partition coefficient (Wildman–Crippen LogP) is 3.39. The van der Waals surface area contributed by atoms with Crippen LogP contribution in [0.1, 0.15) is 34.3 Å². The maximum atomic E-state index is 12.5. The molecule has 1 amide bonds. The topological polar surface area (TPSA) is 99.9 Å². The molecule has 1 aromatic heterocycles. The SMILES string of the molecule is COc1ccc2c(c1OC)C(=O)O[C@H]2CC(=O)Nc1ccc2oc(C)nc2c1. The second kappa shape index (κ2) is 6.88. The number of esters is 1. The second-order valence-electron chi connectivity index (χ2n) is 6.33. The zero-order chi connectivity index (χ0) is 19.8. The molecule has 0 bridgehead atoms. The van der Waals surface area contributed by atoms with Gasteiger partial charge in [0.15, 0.2) is 23.0 Å². The number of aromatic nitrogens is 1. The summed E-state index contributed by atoms with van der Waals surface area (Å²) in [6.07, 6.45) is -0.718. The molecule has 1 atom stereocenters. The molecule has 144 valence electrons. The van der Waals surface area contributed by atoms with Crippen LogP contribution in [0.3, 0.4) is 0 Å². The van der Waals surface area contributed by atoms with Crippen LogP contribution in [0.25, 0.3) is 11.1 Å². The highest BCUT2D eigenvalue weighted by Crippen LogP contribution is 2.43.